The Morgan fingerprint density at radius 2 is 1.38 bits per heavy atom. The summed E-state index contributed by atoms with van der Waals surface area (Å²) < 4.78 is 40.1. The number of benzene rings is 3. The molecule has 1 amide bonds. The van der Waals surface area contributed by atoms with Gasteiger partial charge in [-0.3, -0.25) is 19.3 Å². The maximum Gasteiger partial charge on any atom is 0.309 e. The van der Waals surface area contributed by atoms with Crippen molar-refractivity contribution in [3.8, 4) is 28.6 Å². The van der Waals surface area contributed by atoms with Crippen LogP contribution in [0.1, 0.15) is 23.7 Å². The number of phenols is 2. The van der Waals surface area contributed by atoms with E-state index in [9.17, 15) is 80.8 Å². The number of fused-ring (bicyclic) bond motifs is 2. The molecule has 3 saturated heterocycles. The van der Waals surface area contributed by atoms with Gasteiger partial charge in [0.2, 0.25) is 0 Å². The number of aliphatic hydroxyl groups is 11. The minimum atomic E-state index is -2.72. The van der Waals surface area contributed by atoms with E-state index in [1.54, 1.807) is 0 Å². The molecule has 3 aromatic carbocycles. The van der Waals surface area contributed by atoms with E-state index in [2.05, 4.69) is 0 Å². The molecule has 13 N–H and O–H groups in total. The van der Waals surface area contributed by atoms with Gasteiger partial charge in [-0.1, -0.05) is 18.2 Å². The summed E-state index contributed by atoms with van der Waals surface area (Å²) >= 11 is 0. The molecular weight excluding hydrogens is 910 g/mol. The van der Waals surface area contributed by atoms with Gasteiger partial charge in [-0.2, -0.15) is 0 Å². The van der Waals surface area contributed by atoms with Gasteiger partial charge in [0, 0.05) is 23.3 Å². The van der Waals surface area contributed by atoms with Crippen LogP contribution in [0.2, 0.25) is 0 Å². The summed E-state index contributed by atoms with van der Waals surface area (Å²) in [6, 6.07) is 13.3. The Bertz CT molecular complexity index is 2550. The lowest BCUT2D eigenvalue weighted by molar-refractivity contribution is -0.342. The van der Waals surface area contributed by atoms with Gasteiger partial charge < -0.3 is 99.2 Å². The monoisotopic (exact) mass is 959 g/mol. The number of nitrogens with zero attached hydrogens (tertiary/aromatic N) is 1. The molecular formula is C44H49NO23. The molecule has 1 aromatic heterocycles. The number of ether oxygens (including phenoxy) is 6. The van der Waals surface area contributed by atoms with Crippen molar-refractivity contribution in [3.63, 3.8) is 0 Å². The van der Waals surface area contributed by atoms with Gasteiger partial charge in [-0.05, 0) is 30.3 Å². The molecule has 0 unspecified atom stereocenters. The molecule has 368 valence electrons. The molecule has 3 fully saturated rings. The van der Waals surface area contributed by atoms with E-state index in [-0.39, 0.29) is 34.1 Å². The van der Waals surface area contributed by atoms with Crippen molar-refractivity contribution in [2.45, 2.75) is 104 Å². The number of esters is 1. The van der Waals surface area contributed by atoms with E-state index in [1.165, 1.54) is 54.6 Å². The van der Waals surface area contributed by atoms with Crippen LogP contribution < -0.4 is 15.1 Å². The highest BCUT2D eigenvalue weighted by atomic mass is 16.7. The number of para-hydroxylation sites is 1. The second-order valence-electron chi connectivity index (χ2n) is 16.7. The lowest BCUT2D eigenvalue weighted by atomic mass is 9.89. The molecule has 0 bridgehead atoms. The van der Waals surface area contributed by atoms with Crippen molar-refractivity contribution in [2.75, 3.05) is 31.8 Å². The zero-order valence-corrected chi connectivity index (χ0v) is 35.6. The summed E-state index contributed by atoms with van der Waals surface area (Å²) in [7, 11) is 1.15. The van der Waals surface area contributed by atoms with Crippen LogP contribution in [0, 0.1) is 0 Å². The Morgan fingerprint density at radius 3 is 2.04 bits per heavy atom. The van der Waals surface area contributed by atoms with Gasteiger partial charge in [0.1, 0.15) is 120 Å². The molecule has 0 spiro atoms. The molecule has 68 heavy (non-hydrogen) atoms. The van der Waals surface area contributed by atoms with Crippen LogP contribution in [0.25, 0.3) is 22.3 Å². The first kappa shape index (κ1) is 49.0. The maximum atomic E-state index is 14.1. The number of rotatable bonds is 12. The van der Waals surface area contributed by atoms with Crippen LogP contribution in [0.5, 0.6) is 17.2 Å². The first-order valence-electron chi connectivity index (χ1n) is 21.1. The third-order valence-electron chi connectivity index (χ3n) is 12.6. The summed E-state index contributed by atoms with van der Waals surface area (Å²) in [6.45, 7) is -2.68. The van der Waals surface area contributed by atoms with Crippen LogP contribution in [0.15, 0.2) is 69.9 Å². The Morgan fingerprint density at radius 1 is 0.750 bits per heavy atom. The van der Waals surface area contributed by atoms with Crippen molar-refractivity contribution in [1.82, 2.24) is 0 Å². The lowest BCUT2D eigenvalue weighted by Gasteiger charge is -2.46. The number of methoxy groups -OCH3 is 1. The third-order valence-corrected chi connectivity index (χ3v) is 12.6. The zero-order valence-electron chi connectivity index (χ0n) is 35.6. The molecule has 8 rings (SSSR count). The van der Waals surface area contributed by atoms with Crippen molar-refractivity contribution in [2.24, 2.45) is 0 Å². The fourth-order valence-corrected chi connectivity index (χ4v) is 8.91. The number of anilines is 1. The first-order chi connectivity index (χ1) is 32.3. The van der Waals surface area contributed by atoms with Crippen molar-refractivity contribution >= 4 is 28.5 Å². The van der Waals surface area contributed by atoms with E-state index in [0.29, 0.717) is 5.56 Å². The molecule has 4 aliphatic rings. The minimum Gasteiger partial charge on any atom is -0.508 e. The van der Waals surface area contributed by atoms with Crippen molar-refractivity contribution in [1.29, 1.82) is 0 Å². The van der Waals surface area contributed by atoms with E-state index < -0.39 is 158 Å². The van der Waals surface area contributed by atoms with Gasteiger partial charge in [0.05, 0.1) is 38.0 Å². The van der Waals surface area contributed by atoms with Crippen LogP contribution >= 0.6 is 0 Å². The second-order valence-corrected chi connectivity index (χ2v) is 16.7. The fraction of sp³-hybridized carbons (Fsp3) is 0.477. The Balaban J connectivity index is 1.10. The van der Waals surface area contributed by atoms with E-state index >= 15 is 0 Å². The quantitative estimate of drug-likeness (QED) is 0.0606. The predicted molar refractivity (Wildman–Crippen MR) is 223 cm³/mol. The van der Waals surface area contributed by atoms with Crippen LogP contribution in [-0.4, -0.2) is 191 Å². The second kappa shape index (κ2) is 19.2. The number of hydrogen-bond acceptors (Lipinski definition) is 23. The van der Waals surface area contributed by atoms with E-state index in [0.717, 1.165) is 18.1 Å². The predicted octanol–water partition coefficient (Wildman–Crippen LogP) is -3.81. The van der Waals surface area contributed by atoms with Crippen molar-refractivity contribution in [3.05, 3.63) is 82.0 Å². The lowest BCUT2D eigenvalue weighted by Crippen LogP contribution is -2.64. The number of aromatic hydroxyl groups is 2. The molecule has 5 heterocycles. The highest BCUT2D eigenvalue weighted by molar-refractivity contribution is 6.08. The fourth-order valence-electron chi connectivity index (χ4n) is 8.91. The minimum absolute atomic E-state index is 0.0175. The van der Waals surface area contributed by atoms with Gasteiger partial charge in [-0.15, -0.1) is 0 Å². The average molecular weight is 960 g/mol. The molecule has 16 atom stereocenters. The standard InChI is InChI=1S/C44H49NO23/c1-62-22-11-23-28(20(49)10-21(64-23)16-6-8-17(48)9-7-16)33(54)29(22)39-40(68-42-38(59)35(56)31(52)25(14-47)67-42)36(57)32(53)26(65-39)15-63-27(50)12-44(61)18-4-2-3-5-19(18)45(43(44)60)41-37(58)34(55)30(51)24(13-46)66-41/h2-11,24-26,30-32,34-42,46-48,51-59,61H,12-15H2,1H3/t24-,25-,26-,30-,31-,32-,34+,35+,36+,37-,38-,39+,40-,41-,42+,44+/m1/s1. The molecule has 0 aliphatic carbocycles. The average Bonchev–Trinajstić information content (AvgIpc) is 3.53. The number of hydrogen-bond donors (Lipinski definition) is 13. The largest absolute Gasteiger partial charge is 0.508 e. The Hall–Kier alpha value is -5.39. The Labute approximate surface area is 383 Å². The summed E-state index contributed by atoms with van der Waals surface area (Å²) in [5, 5.41) is 139. The number of phenolic OH excluding ortho intramolecular Hbond substituents is 2. The molecule has 4 aliphatic heterocycles. The van der Waals surface area contributed by atoms with Gasteiger partial charge in [0.15, 0.2) is 23.5 Å². The van der Waals surface area contributed by atoms with Crippen LogP contribution in [0.4, 0.5) is 5.69 Å². The molecule has 24 nitrogen and oxygen atoms in total. The summed E-state index contributed by atoms with van der Waals surface area (Å²) in [4.78, 5) is 42.2. The topological polar surface area (TPSA) is 386 Å². The Kier molecular flexibility index (Phi) is 13.8. The molecule has 24 heteroatoms. The SMILES string of the molecule is COc1cc2oc(-c3ccc(O)cc3)cc(=O)c2c(O)c1[C@@H]1O[C@H](COC(=O)C[C@@]2(O)C(=O)N([C@@H]3O[C@H](CO)[C@@H](O)[C@H](O)[C@H]3O)c3ccccc32)[C@@H](O)[C@H](O)[C@H]1O[C@@H]1O[C@H](CO)[C@@H](O)[C@H](O)[C@H]1O. The van der Waals surface area contributed by atoms with Gasteiger partial charge in [0.25, 0.3) is 5.91 Å². The number of amides is 1. The van der Waals surface area contributed by atoms with Gasteiger partial charge in [-0.25, -0.2) is 0 Å². The smallest absolute Gasteiger partial charge is 0.309 e. The summed E-state index contributed by atoms with van der Waals surface area (Å²) in [6.07, 6.45) is -29.2. The van der Waals surface area contributed by atoms with Crippen LogP contribution in [-0.2, 0) is 38.9 Å². The number of aliphatic hydroxyl groups excluding tert-OH is 10. The highest BCUT2D eigenvalue weighted by Crippen LogP contribution is 2.48. The number of carbonyl (C=O) groups is 2. The maximum absolute atomic E-state index is 14.1. The molecule has 4 aromatic rings. The van der Waals surface area contributed by atoms with Gasteiger partial charge >= 0.3 is 5.97 Å². The first-order valence-corrected chi connectivity index (χ1v) is 21.1. The van der Waals surface area contributed by atoms with Crippen molar-refractivity contribution < 1.29 is 109 Å². The normalized spacial score (nSPS) is 35.0. The zero-order chi connectivity index (χ0) is 49.1. The molecule has 0 radical (unpaired) electrons. The highest BCUT2D eigenvalue weighted by Gasteiger charge is 2.58. The third kappa shape index (κ3) is 8.45. The van der Waals surface area contributed by atoms with E-state index in [1.807, 2.05) is 0 Å². The van der Waals surface area contributed by atoms with E-state index in [4.69, 9.17) is 32.8 Å². The summed E-state index contributed by atoms with van der Waals surface area (Å²) in [5.41, 5.74) is -4.07. The molecule has 0 saturated carbocycles. The number of carbonyl (C=O) groups excluding carboxylic acids is 2. The summed E-state index contributed by atoms with van der Waals surface area (Å²) in [5.74, 6) is -3.73. The van der Waals surface area contributed by atoms with Crippen LogP contribution in [0.3, 0.4) is 0 Å².